The van der Waals surface area contributed by atoms with Gasteiger partial charge in [0.15, 0.2) is 0 Å². The second kappa shape index (κ2) is 5.61. The Bertz CT molecular complexity index is 578. The molecule has 0 saturated heterocycles. The lowest BCUT2D eigenvalue weighted by Crippen LogP contribution is -2.29. The lowest BCUT2D eigenvalue weighted by molar-refractivity contribution is 0.233. The molecule has 0 unspecified atom stereocenters. The van der Waals surface area contributed by atoms with Crippen LogP contribution in [0, 0.1) is 5.41 Å². The molecule has 0 aromatic heterocycles. The first kappa shape index (κ1) is 15.1. The Morgan fingerprint density at radius 2 is 1.90 bits per heavy atom. The van der Waals surface area contributed by atoms with Crippen LogP contribution in [0.1, 0.15) is 39.0 Å². The monoisotopic (exact) mass is 297 g/mol. The number of primary sulfonamides is 1. The molecule has 0 heterocycles. The van der Waals surface area contributed by atoms with E-state index in [0.29, 0.717) is 5.69 Å². The van der Waals surface area contributed by atoms with Gasteiger partial charge in [-0.3, -0.25) is 0 Å². The number of nitrogen functional groups attached to an aromatic ring is 1. The highest BCUT2D eigenvalue weighted by Crippen LogP contribution is 2.36. The summed E-state index contributed by atoms with van der Waals surface area (Å²) in [7, 11) is -3.78. The van der Waals surface area contributed by atoms with Gasteiger partial charge in [0.05, 0.1) is 11.4 Å². The van der Waals surface area contributed by atoms with Gasteiger partial charge in [0.1, 0.15) is 4.90 Å². The molecular weight excluding hydrogens is 274 g/mol. The Morgan fingerprint density at radius 3 is 2.50 bits per heavy atom. The van der Waals surface area contributed by atoms with Crippen LogP contribution in [0.5, 0.6) is 0 Å². The van der Waals surface area contributed by atoms with E-state index in [1.807, 2.05) is 0 Å². The van der Waals surface area contributed by atoms with Crippen molar-refractivity contribution in [2.45, 2.75) is 43.9 Å². The third-order valence-electron chi connectivity index (χ3n) is 4.14. The summed E-state index contributed by atoms with van der Waals surface area (Å²) >= 11 is 0. The van der Waals surface area contributed by atoms with Gasteiger partial charge in [-0.15, -0.1) is 0 Å². The summed E-state index contributed by atoms with van der Waals surface area (Å²) in [6.45, 7) is 3.06. The maximum Gasteiger partial charge on any atom is 0.240 e. The first-order valence-electron chi connectivity index (χ1n) is 6.97. The molecule has 0 aliphatic heterocycles. The van der Waals surface area contributed by atoms with Crippen molar-refractivity contribution in [3.05, 3.63) is 18.2 Å². The number of para-hydroxylation sites is 1. The molecule has 5 N–H and O–H groups in total. The second-order valence-corrected chi connectivity index (χ2v) is 7.52. The summed E-state index contributed by atoms with van der Waals surface area (Å²) in [5.41, 5.74) is 7.00. The zero-order chi connectivity index (χ0) is 14.8. The minimum absolute atomic E-state index is 0.0173. The van der Waals surface area contributed by atoms with Gasteiger partial charge in [-0.05, 0) is 30.4 Å². The summed E-state index contributed by atoms with van der Waals surface area (Å²) < 4.78 is 22.9. The van der Waals surface area contributed by atoms with Gasteiger partial charge in [0.25, 0.3) is 0 Å². The van der Waals surface area contributed by atoms with E-state index in [9.17, 15) is 8.42 Å². The SMILES string of the molecule is CC1(CNc2cccc(S(N)(=O)=O)c2N)CCCCC1. The van der Waals surface area contributed by atoms with Crippen molar-refractivity contribution in [2.75, 3.05) is 17.6 Å². The molecule has 0 spiro atoms. The van der Waals surface area contributed by atoms with Gasteiger partial charge >= 0.3 is 0 Å². The fourth-order valence-corrected chi connectivity index (χ4v) is 3.52. The average molecular weight is 297 g/mol. The molecule has 0 bridgehead atoms. The molecular formula is C14H23N3O2S. The molecule has 1 aliphatic carbocycles. The van der Waals surface area contributed by atoms with Gasteiger partial charge in [-0.25, -0.2) is 13.6 Å². The van der Waals surface area contributed by atoms with Crippen molar-refractivity contribution in [1.82, 2.24) is 0 Å². The summed E-state index contributed by atoms with van der Waals surface area (Å²) in [5, 5.41) is 8.45. The van der Waals surface area contributed by atoms with Crippen molar-refractivity contribution in [3.8, 4) is 0 Å². The van der Waals surface area contributed by atoms with Crippen molar-refractivity contribution >= 4 is 21.4 Å². The molecule has 1 fully saturated rings. The maximum atomic E-state index is 11.4. The van der Waals surface area contributed by atoms with E-state index in [1.165, 1.54) is 38.2 Å². The number of hydrogen-bond acceptors (Lipinski definition) is 4. The molecule has 1 aromatic rings. The van der Waals surface area contributed by atoms with Crippen LogP contribution in [-0.2, 0) is 10.0 Å². The van der Waals surface area contributed by atoms with Gasteiger partial charge in [0, 0.05) is 6.54 Å². The predicted molar refractivity (Wildman–Crippen MR) is 81.9 cm³/mol. The number of nitrogens with one attached hydrogen (secondary N) is 1. The van der Waals surface area contributed by atoms with Gasteiger partial charge in [0.2, 0.25) is 10.0 Å². The highest BCUT2D eigenvalue weighted by Gasteiger charge is 2.26. The number of hydrogen-bond donors (Lipinski definition) is 3. The normalized spacial score (nSPS) is 18.7. The number of anilines is 2. The standard InChI is InChI=1S/C14H23N3O2S/c1-14(8-3-2-4-9-14)10-17-11-6-5-7-12(13(11)15)20(16,18)19/h5-7,17H,2-4,8-10,15H2,1H3,(H2,16,18,19). The smallest absolute Gasteiger partial charge is 0.240 e. The van der Waals surface area contributed by atoms with Gasteiger partial charge in [-0.2, -0.15) is 0 Å². The highest BCUT2D eigenvalue weighted by atomic mass is 32.2. The third kappa shape index (κ3) is 3.43. The predicted octanol–water partition coefficient (Wildman–Crippen LogP) is 2.30. The molecule has 1 saturated carbocycles. The zero-order valence-electron chi connectivity index (χ0n) is 11.9. The number of nitrogens with two attached hydrogens (primary N) is 2. The van der Waals surface area contributed by atoms with Gasteiger partial charge in [-0.1, -0.05) is 32.3 Å². The molecule has 0 amide bonds. The Morgan fingerprint density at radius 1 is 1.25 bits per heavy atom. The molecule has 1 aromatic carbocycles. The van der Waals surface area contributed by atoms with Crippen molar-refractivity contribution in [2.24, 2.45) is 10.6 Å². The first-order valence-corrected chi connectivity index (χ1v) is 8.52. The zero-order valence-corrected chi connectivity index (χ0v) is 12.7. The van der Waals surface area contributed by atoms with Crippen LogP contribution in [0.15, 0.2) is 23.1 Å². The number of benzene rings is 1. The van der Waals surface area contributed by atoms with E-state index in [4.69, 9.17) is 10.9 Å². The fraction of sp³-hybridized carbons (Fsp3) is 0.571. The van der Waals surface area contributed by atoms with Crippen molar-refractivity contribution in [1.29, 1.82) is 0 Å². The van der Waals surface area contributed by atoms with E-state index < -0.39 is 10.0 Å². The minimum Gasteiger partial charge on any atom is -0.396 e. The van der Waals surface area contributed by atoms with E-state index in [2.05, 4.69) is 12.2 Å². The Labute approximate surface area is 120 Å². The van der Waals surface area contributed by atoms with Crippen LogP contribution in [0.4, 0.5) is 11.4 Å². The Kier molecular flexibility index (Phi) is 4.25. The van der Waals surface area contributed by atoms with Crippen LogP contribution in [0.25, 0.3) is 0 Å². The van der Waals surface area contributed by atoms with Crippen molar-refractivity contribution < 1.29 is 8.42 Å². The van der Waals surface area contributed by atoms with Crippen LogP contribution in [0.3, 0.4) is 0 Å². The third-order valence-corrected chi connectivity index (χ3v) is 5.11. The molecule has 112 valence electrons. The fourth-order valence-electron chi connectivity index (χ4n) is 2.84. The Hall–Kier alpha value is -1.27. The minimum atomic E-state index is -3.78. The second-order valence-electron chi connectivity index (χ2n) is 5.99. The number of sulfonamides is 1. The molecule has 5 nitrogen and oxygen atoms in total. The lowest BCUT2D eigenvalue weighted by Gasteiger charge is -2.34. The van der Waals surface area contributed by atoms with Crippen LogP contribution in [0.2, 0.25) is 0 Å². The van der Waals surface area contributed by atoms with E-state index in [-0.39, 0.29) is 16.0 Å². The van der Waals surface area contributed by atoms with Gasteiger partial charge < -0.3 is 11.1 Å². The van der Waals surface area contributed by atoms with E-state index in [1.54, 1.807) is 12.1 Å². The van der Waals surface area contributed by atoms with Crippen molar-refractivity contribution in [3.63, 3.8) is 0 Å². The largest absolute Gasteiger partial charge is 0.396 e. The highest BCUT2D eigenvalue weighted by molar-refractivity contribution is 7.89. The molecule has 0 radical (unpaired) electrons. The molecule has 1 aliphatic rings. The number of rotatable bonds is 4. The maximum absolute atomic E-state index is 11.4. The Balaban J connectivity index is 2.14. The summed E-state index contributed by atoms with van der Waals surface area (Å²) in [5.74, 6) is 0. The average Bonchev–Trinajstić information content (AvgIpc) is 2.37. The lowest BCUT2D eigenvalue weighted by atomic mass is 9.76. The van der Waals surface area contributed by atoms with E-state index in [0.717, 1.165) is 6.54 Å². The topological polar surface area (TPSA) is 98.2 Å². The summed E-state index contributed by atoms with van der Waals surface area (Å²) in [4.78, 5) is -0.0173. The quantitative estimate of drug-likeness (QED) is 0.743. The molecule has 20 heavy (non-hydrogen) atoms. The molecule has 2 rings (SSSR count). The summed E-state index contributed by atoms with van der Waals surface area (Å²) in [6, 6.07) is 4.87. The molecule has 6 heteroatoms. The first-order chi connectivity index (χ1) is 9.32. The van der Waals surface area contributed by atoms with E-state index >= 15 is 0 Å². The van der Waals surface area contributed by atoms with Crippen LogP contribution < -0.4 is 16.2 Å². The van der Waals surface area contributed by atoms with Crippen LogP contribution in [-0.4, -0.2) is 15.0 Å². The van der Waals surface area contributed by atoms with Crippen LogP contribution >= 0.6 is 0 Å². The summed E-state index contributed by atoms with van der Waals surface area (Å²) in [6.07, 6.45) is 6.19. The molecule has 0 atom stereocenters.